The van der Waals surface area contributed by atoms with E-state index in [0.717, 1.165) is 35.4 Å². The van der Waals surface area contributed by atoms with Crippen LogP contribution in [0.15, 0.2) is 66.7 Å². The van der Waals surface area contributed by atoms with Gasteiger partial charge in [-0.25, -0.2) is 9.18 Å². The molecule has 0 unspecified atom stereocenters. The third-order valence-electron chi connectivity index (χ3n) is 5.26. The van der Waals surface area contributed by atoms with E-state index >= 15 is 0 Å². The summed E-state index contributed by atoms with van der Waals surface area (Å²) in [5, 5.41) is 0. The molecule has 1 aromatic heterocycles. The van der Waals surface area contributed by atoms with Gasteiger partial charge in [-0.2, -0.15) is 0 Å². The predicted octanol–water partition coefficient (Wildman–Crippen LogP) is 5.34. The van der Waals surface area contributed by atoms with Crippen LogP contribution in [0.1, 0.15) is 30.0 Å². The van der Waals surface area contributed by atoms with Crippen LogP contribution < -0.4 is 0 Å². The van der Waals surface area contributed by atoms with Crippen LogP contribution in [-0.2, 0) is 11.3 Å². The van der Waals surface area contributed by atoms with Crippen molar-refractivity contribution in [3.63, 3.8) is 0 Å². The lowest BCUT2D eigenvalue weighted by Crippen LogP contribution is -2.38. The molecule has 28 heavy (non-hydrogen) atoms. The van der Waals surface area contributed by atoms with Crippen molar-refractivity contribution in [3.8, 4) is 11.3 Å². The topological polar surface area (TPSA) is 45.3 Å². The van der Waals surface area contributed by atoms with Crippen LogP contribution in [-0.4, -0.2) is 29.1 Å². The molecule has 5 heteroatoms. The van der Waals surface area contributed by atoms with E-state index in [2.05, 4.69) is 11.1 Å². The van der Waals surface area contributed by atoms with Crippen LogP contribution in [0.25, 0.3) is 11.3 Å². The van der Waals surface area contributed by atoms with Crippen molar-refractivity contribution >= 4 is 6.09 Å². The van der Waals surface area contributed by atoms with Crippen molar-refractivity contribution in [2.75, 3.05) is 13.1 Å². The van der Waals surface area contributed by atoms with Gasteiger partial charge >= 0.3 is 6.09 Å². The van der Waals surface area contributed by atoms with Gasteiger partial charge in [-0.3, -0.25) is 0 Å². The Morgan fingerprint density at radius 1 is 1.00 bits per heavy atom. The third-order valence-corrected chi connectivity index (χ3v) is 5.26. The molecule has 0 radical (unpaired) electrons. The minimum Gasteiger partial charge on any atom is -0.445 e. The fourth-order valence-corrected chi connectivity index (χ4v) is 3.63. The molecule has 2 heterocycles. The first-order valence-corrected chi connectivity index (χ1v) is 9.59. The molecule has 0 bridgehead atoms. The number of likely N-dealkylation sites (tertiary alicyclic amines) is 1. The highest BCUT2D eigenvalue weighted by atomic mass is 19.1. The van der Waals surface area contributed by atoms with Gasteiger partial charge < -0.3 is 14.6 Å². The number of aromatic amines is 1. The fraction of sp³-hybridized carbons (Fsp3) is 0.261. The number of hydrogen-bond acceptors (Lipinski definition) is 2. The molecule has 144 valence electrons. The van der Waals surface area contributed by atoms with Gasteiger partial charge in [0.15, 0.2) is 0 Å². The smallest absolute Gasteiger partial charge is 0.410 e. The Morgan fingerprint density at radius 3 is 2.43 bits per heavy atom. The highest BCUT2D eigenvalue weighted by Crippen LogP contribution is 2.30. The Labute approximate surface area is 164 Å². The van der Waals surface area contributed by atoms with Crippen molar-refractivity contribution in [3.05, 3.63) is 83.8 Å². The number of rotatable bonds is 4. The lowest BCUT2D eigenvalue weighted by molar-refractivity contribution is 0.0868. The Kier molecular flexibility index (Phi) is 5.42. The largest absolute Gasteiger partial charge is 0.445 e. The summed E-state index contributed by atoms with van der Waals surface area (Å²) >= 11 is 0. The summed E-state index contributed by atoms with van der Waals surface area (Å²) in [6, 6.07) is 20.3. The van der Waals surface area contributed by atoms with Crippen molar-refractivity contribution in [2.45, 2.75) is 25.4 Å². The number of piperidine rings is 1. The number of H-pyrrole nitrogens is 1. The van der Waals surface area contributed by atoms with Gasteiger partial charge in [0.2, 0.25) is 0 Å². The van der Waals surface area contributed by atoms with Gasteiger partial charge in [0.05, 0.1) is 0 Å². The zero-order chi connectivity index (χ0) is 19.3. The average molecular weight is 378 g/mol. The lowest BCUT2D eigenvalue weighted by atomic mass is 9.94. The van der Waals surface area contributed by atoms with Crippen molar-refractivity contribution in [1.82, 2.24) is 9.88 Å². The summed E-state index contributed by atoms with van der Waals surface area (Å²) < 4.78 is 18.5. The second-order valence-corrected chi connectivity index (χ2v) is 7.14. The van der Waals surface area contributed by atoms with Gasteiger partial charge in [0, 0.05) is 30.4 Å². The second-order valence-electron chi connectivity index (χ2n) is 7.14. The molecule has 0 atom stereocenters. The maximum Gasteiger partial charge on any atom is 0.410 e. The molecule has 1 aliphatic heterocycles. The molecule has 1 aliphatic rings. The highest BCUT2D eigenvalue weighted by molar-refractivity contribution is 5.67. The van der Waals surface area contributed by atoms with E-state index in [1.807, 2.05) is 36.4 Å². The molecule has 0 aliphatic carbocycles. The Balaban J connectivity index is 1.30. The van der Waals surface area contributed by atoms with Crippen molar-refractivity contribution < 1.29 is 13.9 Å². The number of nitrogens with zero attached hydrogens (tertiary/aromatic N) is 1. The maximum absolute atomic E-state index is 13.1. The van der Waals surface area contributed by atoms with Crippen molar-refractivity contribution in [1.29, 1.82) is 0 Å². The van der Waals surface area contributed by atoms with E-state index in [1.165, 1.54) is 12.1 Å². The summed E-state index contributed by atoms with van der Waals surface area (Å²) in [4.78, 5) is 17.5. The molecule has 1 N–H and O–H groups in total. The van der Waals surface area contributed by atoms with E-state index in [9.17, 15) is 9.18 Å². The van der Waals surface area contributed by atoms with Crippen LogP contribution in [0.5, 0.6) is 0 Å². The van der Waals surface area contributed by atoms with E-state index in [-0.39, 0.29) is 11.9 Å². The second kappa shape index (κ2) is 8.30. The van der Waals surface area contributed by atoms with Gasteiger partial charge in [-0.05, 0) is 60.4 Å². The molecular weight excluding hydrogens is 355 g/mol. The van der Waals surface area contributed by atoms with Crippen molar-refractivity contribution in [2.24, 2.45) is 0 Å². The number of halogens is 1. The molecule has 1 saturated heterocycles. The van der Waals surface area contributed by atoms with Gasteiger partial charge in [-0.1, -0.05) is 30.3 Å². The number of benzene rings is 2. The number of ether oxygens (including phenoxy) is 1. The number of carbonyl (C=O) groups is 1. The first kappa shape index (κ1) is 18.3. The number of hydrogen-bond donors (Lipinski definition) is 1. The van der Waals surface area contributed by atoms with Crippen LogP contribution in [0.3, 0.4) is 0 Å². The minimum absolute atomic E-state index is 0.234. The Hall–Kier alpha value is -3.08. The first-order valence-electron chi connectivity index (χ1n) is 9.59. The van der Waals surface area contributed by atoms with E-state index in [1.54, 1.807) is 17.0 Å². The third kappa shape index (κ3) is 4.25. The Morgan fingerprint density at radius 2 is 1.71 bits per heavy atom. The summed E-state index contributed by atoms with van der Waals surface area (Å²) in [5.41, 5.74) is 4.11. The van der Waals surface area contributed by atoms with E-state index < -0.39 is 0 Å². The zero-order valence-electron chi connectivity index (χ0n) is 15.6. The summed E-state index contributed by atoms with van der Waals surface area (Å²) in [5.74, 6) is 0.148. The number of carbonyl (C=O) groups excluding carboxylic acids is 1. The van der Waals surface area contributed by atoms with Gasteiger partial charge in [-0.15, -0.1) is 0 Å². The molecule has 0 saturated carbocycles. The number of amides is 1. The SMILES string of the molecule is O=C(OCc1ccccc1)N1CCC(c2ccc(-c3ccc(F)cc3)[nH]2)CC1. The molecule has 3 aromatic rings. The average Bonchev–Trinajstić information content (AvgIpc) is 3.24. The predicted molar refractivity (Wildman–Crippen MR) is 106 cm³/mol. The summed E-state index contributed by atoms with van der Waals surface area (Å²) in [7, 11) is 0. The summed E-state index contributed by atoms with van der Waals surface area (Å²) in [6.45, 7) is 1.67. The first-order chi connectivity index (χ1) is 13.7. The van der Waals surface area contributed by atoms with E-state index in [0.29, 0.717) is 25.6 Å². The number of aromatic nitrogens is 1. The standard InChI is InChI=1S/C23H23FN2O2/c24-20-8-6-18(7-9-20)21-10-11-22(25-21)19-12-14-26(15-13-19)23(27)28-16-17-4-2-1-3-5-17/h1-11,19,25H,12-16H2. The number of nitrogens with one attached hydrogen (secondary N) is 1. The fourth-order valence-electron chi connectivity index (χ4n) is 3.63. The molecule has 0 spiro atoms. The quantitative estimate of drug-likeness (QED) is 0.666. The van der Waals surface area contributed by atoms with Crippen LogP contribution >= 0.6 is 0 Å². The molecule has 4 nitrogen and oxygen atoms in total. The molecule has 2 aromatic carbocycles. The Bertz CT molecular complexity index is 913. The molecular formula is C23H23FN2O2. The maximum atomic E-state index is 13.1. The van der Waals surface area contributed by atoms with E-state index in [4.69, 9.17) is 4.74 Å². The summed E-state index contributed by atoms with van der Waals surface area (Å²) in [6.07, 6.45) is 1.54. The molecule has 1 amide bonds. The zero-order valence-corrected chi connectivity index (χ0v) is 15.6. The lowest BCUT2D eigenvalue weighted by Gasteiger charge is -2.31. The minimum atomic E-state index is -0.249. The molecule has 1 fully saturated rings. The normalized spacial score (nSPS) is 14.8. The monoisotopic (exact) mass is 378 g/mol. The van der Waals surface area contributed by atoms with Gasteiger partial charge in [0.25, 0.3) is 0 Å². The highest BCUT2D eigenvalue weighted by Gasteiger charge is 2.25. The van der Waals surface area contributed by atoms with Crippen LogP contribution in [0, 0.1) is 5.82 Å². The molecule has 4 rings (SSSR count). The van der Waals surface area contributed by atoms with Gasteiger partial charge in [0.1, 0.15) is 12.4 Å². The van der Waals surface area contributed by atoms with Crippen LogP contribution in [0.4, 0.5) is 9.18 Å². The van der Waals surface area contributed by atoms with Crippen LogP contribution in [0.2, 0.25) is 0 Å².